The normalized spacial score (nSPS) is 15.0. The molecule has 0 saturated carbocycles. The van der Waals surface area contributed by atoms with Crippen molar-refractivity contribution in [3.05, 3.63) is 58.7 Å². The van der Waals surface area contributed by atoms with Gasteiger partial charge in [0.15, 0.2) is 5.82 Å². The molecule has 0 aliphatic carbocycles. The van der Waals surface area contributed by atoms with Gasteiger partial charge >= 0.3 is 0 Å². The summed E-state index contributed by atoms with van der Waals surface area (Å²) in [5.41, 5.74) is 4.81. The van der Waals surface area contributed by atoms with Gasteiger partial charge in [0, 0.05) is 24.8 Å². The summed E-state index contributed by atoms with van der Waals surface area (Å²) >= 11 is 0. The van der Waals surface area contributed by atoms with E-state index in [1.54, 1.807) is 4.68 Å². The van der Waals surface area contributed by atoms with Gasteiger partial charge in [0.1, 0.15) is 6.54 Å². The van der Waals surface area contributed by atoms with Crippen molar-refractivity contribution in [1.29, 1.82) is 0 Å². The zero-order chi connectivity index (χ0) is 21.1. The van der Waals surface area contributed by atoms with Crippen molar-refractivity contribution in [2.45, 2.75) is 59.4 Å². The number of aryl methyl sites for hydroxylation is 2. The van der Waals surface area contributed by atoms with Crippen molar-refractivity contribution in [3.63, 3.8) is 0 Å². The van der Waals surface area contributed by atoms with E-state index in [4.69, 9.17) is 0 Å². The smallest absolute Gasteiger partial charge is 0.242 e. The van der Waals surface area contributed by atoms with E-state index in [-0.39, 0.29) is 18.5 Å². The molecule has 4 rings (SSSR count). The Morgan fingerprint density at radius 2 is 2.00 bits per heavy atom. The Morgan fingerprint density at radius 3 is 2.77 bits per heavy atom. The molecule has 1 aromatic carbocycles. The van der Waals surface area contributed by atoms with Gasteiger partial charge in [0.2, 0.25) is 5.91 Å². The van der Waals surface area contributed by atoms with Gasteiger partial charge in [-0.1, -0.05) is 24.3 Å². The highest BCUT2D eigenvalue weighted by Gasteiger charge is 2.20. The van der Waals surface area contributed by atoms with Gasteiger partial charge in [-0.2, -0.15) is 5.10 Å². The van der Waals surface area contributed by atoms with Crippen LogP contribution < -0.4 is 5.32 Å². The highest BCUT2D eigenvalue weighted by atomic mass is 16.2. The minimum atomic E-state index is -0.110. The second kappa shape index (κ2) is 8.74. The molecule has 0 fully saturated rings. The Bertz CT molecular complexity index is 1020. The molecule has 0 bridgehead atoms. The maximum Gasteiger partial charge on any atom is 0.242 e. The fourth-order valence-corrected chi connectivity index (χ4v) is 3.97. The van der Waals surface area contributed by atoms with Gasteiger partial charge in [-0.15, -0.1) is 5.10 Å². The van der Waals surface area contributed by atoms with E-state index in [9.17, 15) is 4.79 Å². The van der Waals surface area contributed by atoms with Crippen molar-refractivity contribution in [1.82, 2.24) is 40.2 Å². The molecular formula is C21H28N8O. The molecule has 1 atom stereocenters. The lowest BCUT2D eigenvalue weighted by molar-refractivity contribution is -0.122. The lowest BCUT2D eigenvalue weighted by Crippen LogP contribution is -2.39. The largest absolute Gasteiger partial charge is 0.350 e. The van der Waals surface area contributed by atoms with Crippen molar-refractivity contribution in [3.8, 4) is 0 Å². The van der Waals surface area contributed by atoms with Gasteiger partial charge in [0.05, 0.1) is 18.8 Å². The van der Waals surface area contributed by atoms with Gasteiger partial charge in [-0.05, 0) is 54.8 Å². The molecule has 1 aliphatic rings. The van der Waals surface area contributed by atoms with E-state index in [2.05, 4.69) is 55.1 Å². The van der Waals surface area contributed by atoms with E-state index < -0.39 is 0 Å². The molecule has 0 radical (unpaired) electrons. The second-order valence-electron chi connectivity index (χ2n) is 8.06. The first-order valence-electron chi connectivity index (χ1n) is 10.3. The fraction of sp³-hybridized carbons (Fsp3) is 0.476. The third kappa shape index (κ3) is 4.73. The van der Waals surface area contributed by atoms with Crippen LogP contribution in [0.25, 0.3) is 0 Å². The lowest BCUT2D eigenvalue weighted by Gasteiger charge is -2.28. The number of rotatable bonds is 7. The highest BCUT2D eigenvalue weighted by molar-refractivity contribution is 5.75. The average molecular weight is 409 g/mol. The van der Waals surface area contributed by atoms with Crippen LogP contribution in [-0.4, -0.2) is 53.4 Å². The summed E-state index contributed by atoms with van der Waals surface area (Å²) in [6.45, 7) is 9.13. The van der Waals surface area contributed by atoms with Crippen LogP contribution in [0.15, 0.2) is 30.3 Å². The summed E-state index contributed by atoms with van der Waals surface area (Å²) in [6, 6.07) is 10.5. The monoisotopic (exact) mass is 408 g/mol. The number of nitrogens with zero attached hydrogens (tertiary/aromatic N) is 7. The first kappa shape index (κ1) is 20.2. The molecule has 0 spiro atoms. The van der Waals surface area contributed by atoms with Gasteiger partial charge in [-0.3, -0.25) is 14.4 Å². The van der Waals surface area contributed by atoms with Crippen molar-refractivity contribution in [2.24, 2.45) is 0 Å². The molecule has 9 heteroatoms. The Kier molecular flexibility index (Phi) is 5.89. The predicted octanol–water partition coefficient (Wildman–Crippen LogP) is 1.25. The summed E-state index contributed by atoms with van der Waals surface area (Å²) in [5, 5.41) is 19.4. The maximum absolute atomic E-state index is 12.5. The van der Waals surface area contributed by atoms with Crippen LogP contribution in [0.1, 0.15) is 35.3 Å². The van der Waals surface area contributed by atoms with E-state index in [0.717, 1.165) is 30.9 Å². The Hall–Kier alpha value is -3.07. The first-order valence-corrected chi connectivity index (χ1v) is 10.3. The number of hydrogen-bond donors (Lipinski definition) is 1. The Morgan fingerprint density at radius 1 is 1.20 bits per heavy atom. The number of carbonyl (C=O) groups excluding carboxylic acids is 1. The molecule has 30 heavy (non-hydrogen) atoms. The molecule has 3 heterocycles. The van der Waals surface area contributed by atoms with Crippen molar-refractivity contribution < 1.29 is 4.79 Å². The topological polar surface area (TPSA) is 93.8 Å². The lowest BCUT2D eigenvalue weighted by atomic mass is 10.00. The molecule has 0 saturated heterocycles. The molecular weight excluding hydrogens is 380 g/mol. The van der Waals surface area contributed by atoms with Gasteiger partial charge in [-0.25, -0.2) is 4.68 Å². The quantitative estimate of drug-likeness (QED) is 0.632. The average Bonchev–Trinajstić information content (AvgIpc) is 3.26. The Balaban J connectivity index is 1.32. The minimum Gasteiger partial charge on any atom is -0.350 e. The maximum atomic E-state index is 12.5. The molecule has 3 aromatic rings. The number of hydrogen-bond acceptors (Lipinski definition) is 6. The number of amides is 1. The molecule has 1 aliphatic heterocycles. The summed E-state index contributed by atoms with van der Waals surface area (Å²) < 4.78 is 3.50. The third-order valence-corrected chi connectivity index (χ3v) is 5.43. The second-order valence-corrected chi connectivity index (χ2v) is 8.06. The first-order chi connectivity index (χ1) is 14.5. The number of benzene rings is 1. The zero-order valence-corrected chi connectivity index (χ0v) is 17.7. The van der Waals surface area contributed by atoms with Crippen LogP contribution in [-0.2, 0) is 37.4 Å². The highest BCUT2D eigenvalue weighted by Crippen LogP contribution is 2.19. The number of carbonyl (C=O) groups is 1. The number of fused-ring (bicyclic) bond motifs is 1. The summed E-state index contributed by atoms with van der Waals surface area (Å²) in [6.07, 6.45) is 1.02. The van der Waals surface area contributed by atoms with Crippen LogP contribution in [0, 0.1) is 13.8 Å². The third-order valence-electron chi connectivity index (χ3n) is 5.43. The standard InChI is InChI=1S/C21H28N8O/c1-15-10-17(3)28(24-15)11-16(2)22-21(30)14-29-20(23-25-26-29)13-27-9-8-18-6-4-5-7-19(18)12-27/h4-7,10,16H,8-9,11-14H2,1-3H3,(H,22,30). The number of nitrogens with one attached hydrogen (secondary N) is 1. The fourth-order valence-electron chi connectivity index (χ4n) is 3.97. The summed E-state index contributed by atoms with van der Waals surface area (Å²) in [4.78, 5) is 14.9. The van der Waals surface area contributed by atoms with E-state index >= 15 is 0 Å². The molecule has 1 amide bonds. The minimum absolute atomic E-state index is 0.0472. The molecule has 1 N–H and O–H groups in total. The van der Waals surface area contributed by atoms with Crippen molar-refractivity contribution >= 4 is 5.91 Å². The van der Waals surface area contributed by atoms with Crippen LogP contribution in [0.2, 0.25) is 0 Å². The number of aromatic nitrogens is 6. The predicted molar refractivity (Wildman–Crippen MR) is 111 cm³/mol. The molecule has 9 nitrogen and oxygen atoms in total. The van der Waals surface area contributed by atoms with Crippen LogP contribution in [0.4, 0.5) is 0 Å². The molecule has 158 valence electrons. The van der Waals surface area contributed by atoms with E-state index in [1.807, 2.05) is 31.5 Å². The van der Waals surface area contributed by atoms with Crippen LogP contribution in [0.3, 0.4) is 0 Å². The number of tetrazole rings is 1. The summed E-state index contributed by atoms with van der Waals surface area (Å²) in [5.74, 6) is 0.595. The molecule has 2 aromatic heterocycles. The van der Waals surface area contributed by atoms with Crippen LogP contribution >= 0.6 is 0 Å². The zero-order valence-electron chi connectivity index (χ0n) is 17.7. The molecule has 1 unspecified atom stereocenters. The summed E-state index contributed by atoms with van der Waals surface area (Å²) in [7, 11) is 0. The Labute approximate surface area is 176 Å². The SMILES string of the molecule is Cc1cc(C)n(CC(C)NC(=O)Cn2nnnc2CN2CCc3ccccc3C2)n1. The van der Waals surface area contributed by atoms with Crippen molar-refractivity contribution in [2.75, 3.05) is 6.54 Å². The van der Waals surface area contributed by atoms with Gasteiger partial charge in [0.25, 0.3) is 0 Å². The van der Waals surface area contributed by atoms with E-state index in [1.165, 1.54) is 11.1 Å². The van der Waals surface area contributed by atoms with Crippen LogP contribution in [0.5, 0.6) is 0 Å². The van der Waals surface area contributed by atoms with E-state index in [0.29, 0.717) is 18.9 Å². The van der Waals surface area contributed by atoms with Gasteiger partial charge < -0.3 is 5.32 Å².